The van der Waals surface area contributed by atoms with Gasteiger partial charge in [0.1, 0.15) is 6.10 Å². The Morgan fingerprint density at radius 1 is 1.11 bits per heavy atom. The molecule has 28 heavy (non-hydrogen) atoms. The van der Waals surface area contributed by atoms with E-state index in [0.717, 1.165) is 27.2 Å². The molecule has 0 aliphatic carbocycles. The summed E-state index contributed by atoms with van der Waals surface area (Å²) in [5.74, 6) is -1.07. The van der Waals surface area contributed by atoms with Crippen molar-refractivity contribution in [2.75, 3.05) is 14.2 Å². The number of methoxy groups -OCH3 is 2. The van der Waals surface area contributed by atoms with Crippen molar-refractivity contribution in [1.29, 1.82) is 0 Å². The maximum Gasteiger partial charge on any atom is 0.364 e. The Morgan fingerprint density at radius 2 is 1.68 bits per heavy atom. The van der Waals surface area contributed by atoms with E-state index in [9.17, 15) is 19.5 Å². The van der Waals surface area contributed by atoms with Gasteiger partial charge in [-0.05, 0) is 29.8 Å². The van der Waals surface area contributed by atoms with Crippen LogP contribution in [-0.2, 0) is 20.0 Å². The predicted octanol–water partition coefficient (Wildman–Crippen LogP) is 1.11. The molecule has 1 aliphatic heterocycles. The molecule has 2 heterocycles. The number of aliphatic hydroxyl groups is 1. The highest BCUT2D eigenvalue weighted by atomic mass is 16.6. The topological polar surface area (TPSA) is 99.8 Å². The van der Waals surface area contributed by atoms with Gasteiger partial charge in [-0.1, -0.05) is 24.3 Å². The van der Waals surface area contributed by atoms with Gasteiger partial charge in [0.15, 0.2) is 0 Å². The zero-order valence-corrected chi connectivity index (χ0v) is 15.7. The van der Waals surface area contributed by atoms with E-state index < -0.39 is 35.0 Å². The number of carbonyl (C=O) groups excluding carboxylic acids is 1. The first-order valence-electron chi connectivity index (χ1n) is 8.89. The molecular formula is C20H20N2O6. The number of ether oxygens (including phenoxy) is 2. The van der Waals surface area contributed by atoms with Gasteiger partial charge >= 0.3 is 5.97 Å². The second-order valence-corrected chi connectivity index (χ2v) is 7.04. The molecule has 0 saturated heterocycles. The third-order valence-corrected chi connectivity index (χ3v) is 5.48. The third-order valence-electron chi connectivity index (χ3n) is 5.48. The van der Waals surface area contributed by atoms with Gasteiger partial charge in [-0.2, -0.15) is 0 Å². The Morgan fingerprint density at radius 3 is 2.21 bits per heavy atom. The van der Waals surface area contributed by atoms with Crippen LogP contribution in [0.3, 0.4) is 0 Å². The molecule has 146 valence electrons. The molecule has 2 aromatic carbocycles. The van der Waals surface area contributed by atoms with Crippen LogP contribution >= 0.6 is 0 Å². The SMILES string of the molecule is COC(=O)[C@@]1(O)[C@@H](OC)C[C@@H](C)n2c(=O)c3cc4ccccc4cc3c(=O)n21. The minimum atomic E-state index is -2.45. The summed E-state index contributed by atoms with van der Waals surface area (Å²) in [5.41, 5.74) is -3.59. The number of nitrogens with zero attached hydrogens (tertiary/aromatic N) is 2. The molecule has 0 bridgehead atoms. The highest BCUT2D eigenvalue weighted by Gasteiger charge is 2.54. The number of fused-ring (bicyclic) bond motifs is 3. The van der Waals surface area contributed by atoms with Gasteiger partial charge in [-0.25, -0.2) is 14.2 Å². The average Bonchev–Trinajstić information content (AvgIpc) is 2.71. The second-order valence-electron chi connectivity index (χ2n) is 7.04. The van der Waals surface area contributed by atoms with Crippen molar-refractivity contribution in [2.24, 2.45) is 0 Å². The zero-order valence-electron chi connectivity index (χ0n) is 15.7. The van der Waals surface area contributed by atoms with Crippen molar-refractivity contribution in [3.05, 3.63) is 57.1 Å². The standard InChI is InChI=1S/C20H20N2O6/c1-11-8-16(27-2)20(26,19(25)28-3)22-18(24)15-10-13-7-5-4-6-12(13)9-14(15)17(23)21(11)22/h4-7,9-11,16,26H,8H2,1-3H3/t11-,16+,20+/m1/s1. The quantitative estimate of drug-likeness (QED) is 0.525. The van der Waals surface area contributed by atoms with Crippen LogP contribution in [-0.4, -0.2) is 40.8 Å². The average molecular weight is 384 g/mol. The molecule has 0 unspecified atom stereocenters. The Bertz CT molecular complexity index is 1230. The Labute approximate surface area is 159 Å². The first-order chi connectivity index (χ1) is 13.3. The van der Waals surface area contributed by atoms with Crippen LogP contribution in [0.5, 0.6) is 0 Å². The van der Waals surface area contributed by atoms with Crippen LogP contribution in [0.25, 0.3) is 21.5 Å². The largest absolute Gasteiger partial charge is 0.465 e. The van der Waals surface area contributed by atoms with E-state index in [4.69, 9.17) is 9.47 Å². The molecule has 1 aliphatic rings. The minimum absolute atomic E-state index is 0.117. The predicted molar refractivity (Wildman–Crippen MR) is 102 cm³/mol. The van der Waals surface area contributed by atoms with Gasteiger partial charge in [-0.15, -0.1) is 0 Å². The Kier molecular flexibility index (Phi) is 4.13. The zero-order chi connectivity index (χ0) is 20.2. The van der Waals surface area contributed by atoms with Gasteiger partial charge in [-0.3, -0.25) is 9.59 Å². The van der Waals surface area contributed by atoms with Crippen LogP contribution < -0.4 is 11.1 Å². The second kappa shape index (κ2) is 6.29. The lowest BCUT2D eigenvalue weighted by Crippen LogP contribution is -2.64. The van der Waals surface area contributed by atoms with Gasteiger partial charge < -0.3 is 14.6 Å². The summed E-state index contributed by atoms with van der Waals surface area (Å²) in [6.45, 7) is 1.73. The van der Waals surface area contributed by atoms with E-state index in [1.165, 1.54) is 7.11 Å². The van der Waals surface area contributed by atoms with Gasteiger partial charge in [0.2, 0.25) is 0 Å². The molecule has 0 fully saturated rings. The van der Waals surface area contributed by atoms with Crippen molar-refractivity contribution in [1.82, 2.24) is 9.36 Å². The molecule has 0 amide bonds. The summed E-state index contributed by atoms with van der Waals surface area (Å²) >= 11 is 0. The molecule has 4 rings (SSSR count). The summed E-state index contributed by atoms with van der Waals surface area (Å²) in [7, 11) is 2.44. The number of rotatable bonds is 2. The van der Waals surface area contributed by atoms with Gasteiger partial charge in [0.25, 0.3) is 16.8 Å². The molecule has 0 saturated carbocycles. The molecule has 1 N–H and O–H groups in total. The lowest BCUT2D eigenvalue weighted by atomic mass is 9.96. The molecular weight excluding hydrogens is 364 g/mol. The van der Waals surface area contributed by atoms with E-state index in [1.807, 2.05) is 24.3 Å². The fourth-order valence-corrected chi connectivity index (χ4v) is 4.08. The number of hydrogen-bond donors (Lipinski definition) is 1. The first-order valence-corrected chi connectivity index (χ1v) is 8.89. The molecule has 8 nitrogen and oxygen atoms in total. The third kappa shape index (κ3) is 2.28. The van der Waals surface area contributed by atoms with E-state index in [0.29, 0.717) is 0 Å². The number of carbonyl (C=O) groups is 1. The lowest BCUT2D eigenvalue weighted by molar-refractivity contribution is -0.217. The fourth-order valence-electron chi connectivity index (χ4n) is 4.08. The lowest BCUT2D eigenvalue weighted by Gasteiger charge is -2.42. The molecule has 3 atom stereocenters. The summed E-state index contributed by atoms with van der Waals surface area (Å²) < 4.78 is 12.0. The fraction of sp³-hybridized carbons (Fsp3) is 0.350. The maximum absolute atomic E-state index is 13.4. The van der Waals surface area contributed by atoms with Crippen LogP contribution in [0.1, 0.15) is 19.4 Å². The van der Waals surface area contributed by atoms with Crippen LogP contribution in [0.15, 0.2) is 46.0 Å². The molecule has 1 aromatic heterocycles. The van der Waals surface area contributed by atoms with Gasteiger partial charge in [0.05, 0.1) is 23.9 Å². The number of benzene rings is 2. The molecule has 0 radical (unpaired) electrons. The smallest absolute Gasteiger partial charge is 0.364 e. The maximum atomic E-state index is 13.4. The summed E-state index contributed by atoms with van der Waals surface area (Å²) in [5, 5.41) is 13.2. The number of esters is 1. The van der Waals surface area contributed by atoms with Gasteiger partial charge in [0, 0.05) is 13.5 Å². The Hall–Kier alpha value is -2.97. The van der Waals surface area contributed by atoms with E-state index in [-0.39, 0.29) is 17.2 Å². The molecule has 0 spiro atoms. The van der Waals surface area contributed by atoms with E-state index in [1.54, 1.807) is 19.1 Å². The first kappa shape index (κ1) is 18.4. The minimum Gasteiger partial charge on any atom is -0.465 e. The van der Waals surface area contributed by atoms with E-state index >= 15 is 0 Å². The Balaban J connectivity index is 2.20. The molecule has 3 aromatic rings. The highest BCUT2D eigenvalue weighted by Crippen LogP contribution is 2.33. The summed E-state index contributed by atoms with van der Waals surface area (Å²) in [4.78, 5) is 39.2. The number of aromatic nitrogens is 2. The van der Waals surface area contributed by atoms with Crippen molar-refractivity contribution < 1.29 is 19.4 Å². The van der Waals surface area contributed by atoms with Crippen molar-refractivity contribution >= 4 is 27.5 Å². The van der Waals surface area contributed by atoms with Crippen LogP contribution in [0, 0.1) is 0 Å². The normalized spacial score (nSPS) is 24.3. The van der Waals surface area contributed by atoms with Crippen LogP contribution in [0.2, 0.25) is 0 Å². The van der Waals surface area contributed by atoms with Crippen LogP contribution in [0.4, 0.5) is 0 Å². The van der Waals surface area contributed by atoms with E-state index in [2.05, 4.69) is 0 Å². The molecule has 8 heteroatoms. The van der Waals surface area contributed by atoms with Crippen molar-refractivity contribution in [3.63, 3.8) is 0 Å². The van der Waals surface area contributed by atoms with Crippen molar-refractivity contribution in [2.45, 2.75) is 31.2 Å². The van der Waals surface area contributed by atoms with Crippen molar-refractivity contribution in [3.8, 4) is 0 Å². The summed E-state index contributed by atoms with van der Waals surface area (Å²) in [6, 6.07) is 10.1. The monoisotopic (exact) mass is 384 g/mol. The number of hydrogen-bond acceptors (Lipinski definition) is 6. The highest BCUT2D eigenvalue weighted by molar-refractivity contribution is 5.97. The summed E-state index contributed by atoms with van der Waals surface area (Å²) in [6.07, 6.45) is -0.898.